The van der Waals surface area contributed by atoms with E-state index in [9.17, 15) is 10.1 Å². The fourth-order valence-corrected chi connectivity index (χ4v) is 3.77. The summed E-state index contributed by atoms with van der Waals surface area (Å²) in [6.07, 6.45) is 5.01. The highest BCUT2D eigenvalue weighted by Gasteiger charge is 2.23. The minimum Gasteiger partial charge on any atom is -0.492 e. The predicted octanol–water partition coefficient (Wildman–Crippen LogP) is 3.66. The third-order valence-electron chi connectivity index (χ3n) is 4.31. The van der Waals surface area contributed by atoms with Crippen LogP contribution in [0, 0.1) is 11.3 Å². The lowest BCUT2D eigenvalue weighted by atomic mass is 10.1. The number of amides is 1. The predicted molar refractivity (Wildman–Crippen MR) is 117 cm³/mol. The molecule has 0 aliphatic carbocycles. The molecule has 1 amide bonds. The Morgan fingerprint density at radius 1 is 1.30 bits per heavy atom. The second-order valence-electron chi connectivity index (χ2n) is 6.33. The van der Waals surface area contributed by atoms with Crippen molar-refractivity contribution in [3.05, 3.63) is 70.5 Å². The van der Waals surface area contributed by atoms with Gasteiger partial charge in [-0.3, -0.25) is 19.8 Å². The van der Waals surface area contributed by atoms with Crippen molar-refractivity contribution in [1.29, 1.82) is 5.26 Å². The van der Waals surface area contributed by atoms with Gasteiger partial charge in [-0.2, -0.15) is 5.26 Å². The molecule has 0 bridgehead atoms. The second kappa shape index (κ2) is 8.76. The van der Waals surface area contributed by atoms with Gasteiger partial charge in [0.15, 0.2) is 5.17 Å². The Balaban J connectivity index is 1.62. The van der Waals surface area contributed by atoms with Gasteiger partial charge in [0.2, 0.25) is 0 Å². The van der Waals surface area contributed by atoms with Crippen LogP contribution in [0.2, 0.25) is 0 Å². The number of nitriles is 1. The summed E-state index contributed by atoms with van der Waals surface area (Å²) in [5, 5.41) is 13.4. The average Bonchev–Trinajstić information content (AvgIpc) is 3.12. The molecular weight excluding hydrogens is 398 g/mol. The number of fused-ring (bicyclic) bond motifs is 1. The topological polar surface area (TPSA) is 100 Å². The summed E-state index contributed by atoms with van der Waals surface area (Å²) < 4.78 is 5.69. The zero-order chi connectivity index (χ0) is 20.9. The van der Waals surface area contributed by atoms with E-state index in [1.165, 1.54) is 18.0 Å². The number of carbonyl (C=O) groups excluding carboxylic acids is 1. The third kappa shape index (κ3) is 4.16. The highest BCUT2D eigenvalue weighted by molar-refractivity contribution is 8.18. The largest absolute Gasteiger partial charge is 0.492 e. The van der Waals surface area contributed by atoms with E-state index in [0.717, 1.165) is 22.2 Å². The van der Waals surface area contributed by atoms with Crippen molar-refractivity contribution in [3.8, 4) is 11.8 Å². The van der Waals surface area contributed by atoms with Crippen LogP contribution in [0.15, 0.2) is 58.7 Å². The van der Waals surface area contributed by atoms with Gasteiger partial charge < -0.3 is 10.1 Å². The first-order valence-corrected chi connectivity index (χ1v) is 10.1. The molecule has 1 aromatic carbocycles. The number of aromatic nitrogens is 2. The number of benzene rings is 1. The summed E-state index contributed by atoms with van der Waals surface area (Å²) in [4.78, 5) is 25.9. The van der Waals surface area contributed by atoms with Crippen molar-refractivity contribution in [1.82, 2.24) is 15.3 Å². The quantitative estimate of drug-likeness (QED) is 0.638. The van der Waals surface area contributed by atoms with Crippen molar-refractivity contribution >= 4 is 39.8 Å². The Morgan fingerprint density at radius 3 is 2.97 bits per heavy atom. The molecule has 4 rings (SSSR count). The molecular formula is C22H17N5O2S. The molecule has 1 aliphatic rings. The Bertz CT molecular complexity index is 1220. The van der Waals surface area contributed by atoms with E-state index in [2.05, 4.69) is 26.3 Å². The number of ether oxygens (including phenoxy) is 1. The lowest BCUT2D eigenvalue weighted by Crippen LogP contribution is -2.19. The van der Waals surface area contributed by atoms with Gasteiger partial charge in [0, 0.05) is 17.8 Å². The fraction of sp³-hybridized carbons (Fsp3) is 0.136. The van der Waals surface area contributed by atoms with Crippen LogP contribution in [0.1, 0.15) is 23.7 Å². The lowest BCUT2D eigenvalue weighted by Gasteiger charge is -2.09. The van der Waals surface area contributed by atoms with Crippen LogP contribution in [0.3, 0.4) is 0 Å². The summed E-state index contributed by atoms with van der Waals surface area (Å²) in [6, 6.07) is 13.3. The number of amidine groups is 1. The molecule has 8 heteroatoms. The fourth-order valence-electron chi connectivity index (χ4n) is 2.95. The second-order valence-corrected chi connectivity index (χ2v) is 7.36. The van der Waals surface area contributed by atoms with Crippen molar-refractivity contribution in [3.63, 3.8) is 0 Å². The van der Waals surface area contributed by atoms with E-state index in [4.69, 9.17) is 4.74 Å². The number of hydrogen-bond donors (Lipinski definition) is 1. The molecule has 0 unspecified atom stereocenters. The molecule has 30 heavy (non-hydrogen) atoms. The van der Waals surface area contributed by atoms with Crippen LogP contribution in [-0.4, -0.2) is 27.6 Å². The van der Waals surface area contributed by atoms with E-state index in [1.807, 2.05) is 43.3 Å². The summed E-state index contributed by atoms with van der Waals surface area (Å²) in [5.41, 5.74) is 2.74. The van der Waals surface area contributed by atoms with Crippen LogP contribution >= 0.6 is 11.8 Å². The summed E-state index contributed by atoms with van der Waals surface area (Å²) in [6.45, 7) is 2.70. The first-order chi connectivity index (χ1) is 14.7. The third-order valence-corrected chi connectivity index (χ3v) is 5.26. The lowest BCUT2D eigenvalue weighted by molar-refractivity contribution is -0.115. The van der Waals surface area contributed by atoms with Crippen LogP contribution in [0.5, 0.6) is 5.75 Å². The zero-order valence-electron chi connectivity index (χ0n) is 16.1. The average molecular weight is 415 g/mol. The maximum Gasteiger partial charge on any atom is 0.264 e. The van der Waals surface area contributed by atoms with Gasteiger partial charge in [-0.05, 0) is 54.6 Å². The van der Waals surface area contributed by atoms with Crippen molar-refractivity contribution in [2.45, 2.75) is 13.5 Å². The van der Waals surface area contributed by atoms with Crippen LogP contribution in [-0.2, 0) is 11.3 Å². The van der Waals surface area contributed by atoms with E-state index >= 15 is 0 Å². The molecule has 3 aromatic rings. The highest BCUT2D eigenvalue weighted by atomic mass is 32.2. The molecule has 1 N–H and O–H groups in total. The smallest absolute Gasteiger partial charge is 0.264 e. The summed E-state index contributed by atoms with van der Waals surface area (Å²) >= 11 is 1.28. The summed E-state index contributed by atoms with van der Waals surface area (Å²) in [5.74, 6) is 0.306. The monoisotopic (exact) mass is 415 g/mol. The molecule has 1 fully saturated rings. The first kappa shape index (κ1) is 19.6. The number of nitrogens with one attached hydrogen (secondary N) is 1. The molecule has 0 atom stereocenters. The maximum absolute atomic E-state index is 12.4. The van der Waals surface area contributed by atoms with Crippen LogP contribution in [0.25, 0.3) is 17.0 Å². The van der Waals surface area contributed by atoms with Gasteiger partial charge in [-0.25, -0.2) is 0 Å². The van der Waals surface area contributed by atoms with E-state index < -0.39 is 0 Å². The van der Waals surface area contributed by atoms with E-state index in [-0.39, 0.29) is 5.91 Å². The van der Waals surface area contributed by atoms with Gasteiger partial charge in [0.25, 0.3) is 5.91 Å². The van der Waals surface area contributed by atoms with E-state index in [0.29, 0.717) is 34.5 Å². The van der Waals surface area contributed by atoms with Crippen LogP contribution < -0.4 is 10.1 Å². The number of pyridine rings is 2. The molecule has 1 aliphatic heterocycles. The number of hydrogen-bond acceptors (Lipinski definition) is 7. The Kier molecular flexibility index (Phi) is 5.72. The SMILES string of the molecule is CCOc1c(C#N)cnc2ccc(C=C3SC(=NCc4ccccn4)NC3=O)cc12. The van der Waals surface area contributed by atoms with Crippen molar-refractivity contribution in [2.24, 2.45) is 4.99 Å². The molecule has 3 heterocycles. The molecule has 0 radical (unpaired) electrons. The highest BCUT2D eigenvalue weighted by Crippen LogP contribution is 2.31. The van der Waals surface area contributed by atoms with E-state index in [1.54, 1.807) is 12.3 Å². The standard InChI is InChI=1S/C22H17N5O2S/c1-2-29-20-15(11-23)12-25-18-7-6-14(9-17(18)20)10-19-21(28)27-22(30-19)26-13-16-5-3-4-8-24-16/h3-10,12H,2,13H2,1H3,(H,26,27,28). The number of aliphatic imine (C=N–C) groups is 1. The maximum atomic E-state index is 12.4. The minimum absolute atomic E-state index is 0.200. The molecule has 1 saturated heterocycles. The normalized spacial score (nSPS) is 16.1. The molecule has 2 aromatic heterocycles. The zero-order valence-corrected chi connectivity index (χ0v) is 16.9. The Labute approximate surface area is 177 Å². The first-order valence-electron chi connectivity index (χ1n) is 9.29. The van der Waals surface area contributed by atoms with Gasteiger partial charge in [-0.15, -0.1) is 0 Å². The number of carbonyl (C=O) groups is 1. The number of rotatable bonds is 5. The number of thioether (sulfide) groups is 1. The van der Waals surface area contributed by atoms with Crippen molar-refractivity contribution in [2.75, 3.05) is 6.61 Å². The molecule has 7 nitrogen and oxygen atoms in total. The number of nitrogens with zero attached hydrogens (tertiary/aromatic N) is 4. The molecule has 0 spiro atoms. The Morgan fingerprint density at radius 2 is 2.20 bits per heavy atom. The van der Waals surface area contributed by atoms with Gasteiger partial charge in [0.05, 0.1) is 29.3 Å². The molecule has 148 valence electrons. The Hall–Kier alpha value is -3.70. The summed E-state index contributed by atoms with van der Waals surface area (Å²) in [7, 11) is 0. The van der Waals surface area contributed by atoms with Crippen molar-refractivity contribution < 1.29 is 9.53 Å². The molecule has 0 saturated carbocycles. The van der Waals surface area contributed by atoms with Gasteiger partial charge in [-0.1, -0.05) is 12.1 Å². The van der Waals surface area contributed by atoms with Crippen LogP contribution in [0.4, 0.5) is 0 Å². The van der Waals surface area contributed by atoms with Gasteiger partial charge in [0.1, 0.15) is 17.4 Å². The van der Waals surface area contributed by atoms with Gasteiger partial charge >= 0.3 is 0 Å². The minimum atomic E-state index is -0.200.